The smallest absolute Gasteiger partial charge is 0.271 e. The lowest BCUT2D eigenvalue weighted by atomic mass is 10.2. The molecule has 0 spiro atoms. The minimum atomic E-state index is -0.484. The number of halogens is 1. The predicted octanol–water partition coefficient (Wildman–Crippen LogP) is 3.12. The fourth-order valence-electron chi connectivity index (χ4n) is 1.67. The maximum absolute atomic E-state index is 10.6. The highest BCUT2D eigenvalue weighted by Gasteiger charge is 2.27. The Balaban J connectivity index is 2.34. The molecular weight excluding hydrogens is 262 g/mol. The SMILES string of the molecule is CC1CN(c2ccc([N+](=O)[O-])cc2Cl)C(=N)S1. The van der Waals surface area contributed by atoms with Gasteiger partial charge in [-0.25, -0.2) is 0 Å². The number of non-ortho nitro benzene ring substituents is 1. The average molecular weight is 272 g/mol. The average Bonchev–Trinajstić information content (AvgIpc) is 2.57. The van der Waals surface area contributed by atoms with Crippen LogP contribution in [-0.4, -0.2) is 21.9 Å². The third-order valence-electron chi connectivity index (χ3n) is 2.43. The lowest BCUT2D eigenvalue weighted by Gasteiger charge is -2.18. The molecule has 7 heteroatoms. The van der Waals surface area contributed by atoms with Gasteiger partial charge >= 0.3 is 0 Å². The van der Waals surface area contributed by atoms with Crippen molar-refractivity contribution in [2.45, 2.75) is 12.2 Å². The molecule has 0 aromatic heterocycles. The molecule has 5 nitrogen and oxygen atoms in total. The number of nitro groups is 1. The first-order valence-corrected chi connectivity index (χ1v) is 6.21. The normalized spacial score (nSPS) is 19.8. The Kier molecular flexibility index (Phi) is 3.26. The second kappa shape index (κ2) is 4.54. The summed E-state index contributed by atoms with van der Waals surface area (Å²) in [4.78, 5) is 11.9. The topological polar surface area (TPSA) is 70.2 Å². The van der Waals surface area contributed by atoms with Crippen LogP contribution in [-0.2, 0) is 0 Å². The predicted molar refractivity (Wildman–Crippen MR) is 70.2 cm³/mol. The van der Waals surface area contributed by atoms with Crippen molar-refractivity contribution in [3.8, 4) is 0 Å². The van der Waals surface area contributed by atoms with Crippen LogP contribution in [0.25, 0.3) is 0 Å². The Bertz CT molecular complexity index is 494. The molecule has 1 saturated heterocycles. The molecule has 1 aliphatic heterocycles. The fourth-order valence-corrected chi connectivity index (χ4v) is 2.85. The zero-order chi connectivity index (χ0) is 12.6. The quantitative estimate of drug-likeness (QED) is 0.663. The Hall–Kier alpha value is -1.27. The minimum Gasteiger partial charge on any atom is -0.319 e. The molecule has 1 fully saturated rings. The fraction of sp³-hybridized carbons (Fsp3) is 0.300. The van der Waals surface area contributed by atoms with Gasteiger partial charge in [0, 0.05) is 23.9 Å². The van der Waals surface area contributed by atoms with E-state index >= 15 is 0 Å². The number of nitrogens with one attached hydrogen (secondary N) is 1. The Morgan fingerprint density at radius 1 is 1.65 bits per heavy atom. The van der Waals surface area contributed by atoms with Crippen LogP contribution in [0, 0.1) is 15.5 Å². The van der Waals surface area contributed by atoms with Crippen LogP contribution in [0.1, 0.15) is 6.92 Å². The molecule has 1 N–H and O–H groups in total. The summed E-state index contributed by atoms with van der Waals surface area (Å²) in [5, 5.41) is 19.5. The van der Waals surface area contributed by atoms with Gasteiger partial charge in [-0.05, 0) is 6.07 Å². The van der Waals surface area contributed by atoms with Gasteiger partial charge in [-0.2, -0.15) is 0 Å². The van der Waals surface area contributed by atoms with Crippen molar-refractivity contribution in [2.24, 2.45) is 0 Å². The summed E-state index contributed by atoms with van der Waals surface area (Å²) in [6.07, 6.45) is 0. The van der Waals surface area contributed by atoms with Crippen LogP contribution in [0.3, 0.4) is 0 Å². The third kappa shape index (κ3) is 2.37. The number of nitrogens with zero attached hydrogens (tertiary/aromatic N) is 2. The Labute approximate surface area is 107 Å². The van der Waals surface area contributed by atoms with E-state index in [1.54, 1.807) is 11.0 Å². The number of amidine groups is 1. The third-order valence-corrected chi connectivity index (χ3v) is 3.73. The van der Waals surface area contributed by atoms with Crippen LogP contribution in [0.4, 0.5) is 11.4 Å². The van der Waals surface area contributed by atoms with Crippen molar-refractivity contribution in [1.29, 1.82) is 5.41 Å². The summed E-state index contributed by atoms with van der Waals surface area (Å²) in [6.45, 7) is 2.72. The zero-order valence-corrected chi connectivity index (χ0v) is 10.6. The van der Waals surface area contributed by atoms with Crippen LogP contribution < -0.4 is 4.90 Å². The van der Waals surface area contributed by atoms with Gasteiger partial charge in [0.2, 0.25) is 0 Å². The van der Waals surface area contributed by atoms with E-state index in [2.05, 4.69) is 0 Å². The number of thioether (sulfide) groups is 1. The molecule has 1 atom stereocenters. The Morgan fingerprint density at radius 2 is 2.35 bits per heavy atom. The number of anilines is 1. The van der Waals surface area contributed by atoms with Crippen LogP contribution in [0.5, 0.6) is 0 Å². The summed E-state index contributed by atoms with van der Waals surface area (Å²) in [5.74, 6) is 0. The van der Waals surface area contributed by atoms with Crippen molar-refractivity contribution in [3.05, 3.63) is 33.3 Å². The molecular formula is C10H10ClN3O2S. The zero-order valence-electron chi connectivity index (χ0n) is 9.01. The van der Waals surface area contributed by atoms with Gasteiger partial charge in [0.05, 0.1) is 15.6 Å². The summed E-state index contributed by atoms with van der Waals surface area (Å²) >= 11 is 7.47. The van der Waals surface area contributed by atoms with Gasteiger partial charge in [-0.3, -0.25) is 15.5 Å². The van der Waals surface area contributed by atoms with Gasteiger partial charge in [0.1, 0.15) is 0 Å². The molecule has 17 heavy (non-hydrogen) atoms. The second-order valence-electron chi connectivity index (χ2n) is 3.74. The molecule has 90 valence electrons. The van der Waals surface area contributed by atoms with E-state index in [0.717, 1.165) is 0 Å². The van der Waals surface area contributed by atoms with E-state index in [0.29, 0.717) is 27.7 Å². The van der Waals surface area contributed by atoms with E-state index in [9.17, 15) is 10.1 Å². The van der Waals surface area contributed by atoms with Crippen LogP contribution >= 0.6 is 23.4 Å². The molecule has 0 aliphatic carbocycles. The minimum absolute atomic E-state index is 0.0369. The van der Waals surface area contributed by atoms with E-state index < -0.39 is 4.92 Å². The Morgan fingerprint density at radius 3 is 2.82 bits per heavy atom. The molecule has 1 heterocycles. The largest absolute Gasteiger partial charge is 0.319 e. The summed E-state index contributed by atoms with van der Waals surface area (Å²) in [5.41, 5.74) is 0.615. The van der Waals surface area contributed by atoms with Crippen LogP contribution in [0.15, 0.2) is 18.2 Å². The highest BCUT2D eigenvalue weighted by atomic mass is 35.5. The monoisotopic (exact) mass is 271 g/mol. The molecule has 1 aromatic rings. The first kappa shape index (κ1) is 12.2. The van der Waals surface area contributed by atoms with Gasteiger partial charge in [-0.1, -0.05) is 30.3 Å². The molecule has 0 radical (unpaired) electrons. The molecule has 1 aromatic carbocycles. The van der Waals surface area contributed by atoms with Crippen molar-refractivity contribution < 1.29 is 4.92 Å². The van der Waals surface area contributed by atoms with Crippen molar-refractivity contribution in [2.75, 3.05) is 11.4 Å². The number of rotatable bonds is 2. The lowest BCUT2D eigenvalue weighted by molar-refractivity contribution is -0.384. The van der Waals surface area contributed by atoms with Gasteiger partial charge < -0.3 is 4.90 Å². The second-order valence-corrected chi connectivity index (χ2v) is 5.57. The van der Waals surface area contributed by atoms with Crippen LogP contribution in [0.2, 0.25) is 5.02 Å². The highest BCUT2D eigenvalue weighted by molar-refractivity contribution is 8.15. The van der Waals surface area contributed by atoms with Gasteiger partial charge in [0.25, 0.3) is 5.69 Å². The summed E-state index contributed by atoms with van der Waals surface area (Å²) in [7, 11) is 0. The number of hydrogen-bond acceptors (Lipinski definition) is 4. The van der Waals surface area contributed by atoms with E-state index in [1.165, 1.54) is 23.9 Å². The number of nitro benzene ring substituents is 1. The molecule has 1 aliphatic rings. The highest BCUT2D eigenvalue weighted by Crippen LogP contribution is 2.35. The van der Waals surface area contributed by atoms with E-state index in [1.807, 2.05) is 6.92 Å². The maximum atomic E-state index is 10.6. The number of hydrogen-bond donors (Lipinski definition) is 1. The van der Waals surface area contributed by atoms with Gasteiger partial charge in [0.15, 0.2) is 5.17 Å². The first-order valence-electron chi connectivity index (χ1n) is 4.95. The number of benzene rings is 1. The molecule has 2 rings (SSSR count). The molecule has 1 unspecified atom stereocenters. The van der Waals surface area contributed by atoms with Gasteiger partial charge in [-0.15, -0.1) is 0 Å². The summed E-state index contributed by atoms with van der Waals surface area (Å²) in [6, 6.07) is 4.31. The van der Waals surface area contributed by atoms with E-state index in [4.69, 9.17) is 17.0 Å². The van der Waals surface area contributed by atoms with Crippen molar-refractivity contribution >= 4 is 39.9 Å². The molecule has 0 bridgehead atoms. The molecule has 0 saturated carbocycles. The maximum Gasteiger partial charge on any atom is 0.271 e. The van der Waals surface area contributed by atoms with Crippen molar-refractivity contribution in [1.82, 2.24) is 0 Å². The first-order chi connectivity index (χ1) is 7.99. The molecule has 0 amide bonds. The standard InChI is InChI=1S/C10H10ClN3O2S/c1-6-5-13(10(12)17-6)9-3-2-7(14(15)16)4-8(9)11/h2-4,6,12H,5H2,1H3. The lowest BCUT2D eigenvalue weighted by Crippen LogP contribution is -2.24. The summed E-state index contributed by atoms with van der Waals surface area (Å²) < 4.78 is 0. The van der Waals surface area contributed by atoms with E-state index in [-0.39, 0.29) is 5.69 Å². The van der Waals surface area contributed by atoms with Crippen molar-refractivity contribution in [3.63, 3.8) is 0 Å².